The second kappa shape index (κ2) is 9.27. The molecule has 0 heterocycles. The zero-order valence-corrected chi connectivity index (χ0v) is 21.5. The van der Waals surface area contributed by atoms with Crippen LogP contribution in [-0.2, 0) is 30.1 Å². The maximum Gasteiger partial charge on any atom is 0.122 e. The molecule has 0 amide bonds. The Bertz CT molecular complexity index is 830. The summed E-state index contributed by atoms with van der Waals surface area (Å²) in [5.41, 5.74) is 6.29. The number of hydrogen-bond donors (Lipinski definition) is 2. The Morgan fingerprint density at radius 1 is 0.613 bits per heavy atom. The molecule has 0 aliphatic heterocycles. The monoisotopic (exact) mass is 424 g/mol. The molecule has 2 heteroatoms. The van der Waals surface area contributed by atoms with E-state index in [4.69, 9.17) is 0 Å². The first-order chi connectivity index (χ1) is 14.1. The largest absolute Gasteiger partial charge is 0.507 e. The van der Waals surface area contributed by atoms with Gasteiger partial charge < -0.3 is 10.2 Å². The van der Waals surface area contributed by atoms with E-state index in [1.807, 2.05) is 0 Å². The normalized spacial score (nSPS) is 12.8. The standard InChI is InChI=1S/C29H44O2/c1-18(2)11-22-14-20(16-24(26(22)30)28(5,6)7)13-21-15-23(12-19(3)4)27(31)25(17-21)29(8,9)10/h14-19,30-31H,11-13H2,1-10H3. The number of hydrogen-bond acceptors (Lipinski definition) is 2. The highest BCUT2D eigenvalue weighted by atomic mass is 16.3. The number of benzene rings is 2. The molecular weight excluding hydrogens is 380 g/mol. The first-order valence-corrected chi connectivity index (χ1v) is 11.8. The predicted octanol–water partition coefficient (Wildman–Crippen LogP) is 7.68. The summed E-state index contributed by atoms with van der Waals surface area (Å²) in [6, 6.07) is 8.70. The highest BCUT2D eigenvalue weighted by Crippen LogP contribution is 2.38. The van der Waals surface area contributed by atoms with E-state index in [1.54, 1.807) is 0 Å². The van der Waals surface area contributed by atoms with E-state index in [0.29, 0.717) is 23.3 Å². The molecule has 0 saturated carbocycles. The fraction of sp³-hybridized carbons (Fsp3) is 0.586. The van der Waals surface area contributed by atoms with Crippen LogP contribution in [0.1, 0.15) is 103 Å². The summed E-state index contributed by atoms with van der Waals surface area (Å²) < 4.78 is 0. The SMILES string of the molecule is CC(C)Cc1cc(Cc2cc(CC(C)C)c(O)c(C(C)(C)C)c2)cc(C(C)(C)C)c1O. The van der Waals surface area contributed by atoms with Gasteiger partial charge in [0, 0.05) is 0 Å². The van der Waals surface area contributed by atoms with E-state index < -0.39 is 0 Å². The van der Waals surface area contributed by atoms with E-state index in [1.165, 1.54) is 11.1 Å². The van der Waals surface area contributed by atoms with Crippen molar-refractivity contribution in [1.29, 1.82) is 0 Å². The molecule has 0 saturated heterocycles. The van der Waals surface area contributed by atoms with Gasteiger partial charge in [0.05, 0.1) is 0 Å². The van der Waals surface area contributed by atoms with Gasteiger partial charge in [-0.15, -0.1) is 0 Å². The molecule has 0 atom stereocenters. The van der Waals surface area contributed by atoms with Crippen molar-refractivity contribution in [3.63, 3.8) is 0 Å². The Labute approximate surface area is 190 Å². The van der Waals surface area contributed by atoms with Gasteiger partial charge in [-0.3, -0.25) is 0 Å². The van der Waals surface area contributed by atoms with E-state index in [2.05, 4.69) is 93.5 Å². The van der Waals surface area contributed by atoms with Crippen molar-refractivity contribution in [2.75, 3.05) is 0 Å². The molecule has 0 spiro atoms. The molecule has 0 aliphatic carbocycles. The molecule has 2 aromatic carbocycles. The van der Waals surface area contributed by atoms with Crippen molar-refractivity contribution in [2.24, 2.45) is 11.8 Å². The summed E-state index contributed by atoms with van der Waals surface area (Å²) in [6.07, 6.45) is 2.53. The van der Waals surface area contributed by atoms with Gasteiger partial charge >= 0.3 is 0 Å². The van der Waals surface area contributed by atoms with Crippen LogP contribution < -0.4 is 0 Å². The summed E-state index contributed by atoms with van der Waals surface area (Å²) >= 11 is 0. The van der Waals surface area contributed by atoms with Crippen LogP contribution in [0.2, 0.25) is 0 Å². The average molecular weight is 425 g/mol. The van der Waals surface area contributed by atoms with E-state index in [-0.39, 0.29) is 10.8 Å². The van der Waals surface area contributed by atoms with Gasteiger partial charge in [-0.25, -0.2) is 0 Å². The van der Waals surface area contributed by atoms with E-state index in [9.17, 15) is 10.2 Å². The van der Waals surface area contributed by atoms with Crippen LogP contribution in [-0.4, -0.2) is 10.2 Å². The van der Waals surface area contributed by atoms with Gasteiger partial charge in [-0.2, -0.15) is 0 Å². The van der Waals surface area contributed by atoms with E-state index in [0.717, 1.165) is 41.5 Å². The molecule has 2 aromatic rings. The third kappa shape index (κ3) is 6.51. The molecule has 0 radical (unpaired) electrons. The van der Waals surface area contributed by atoms with Crippen molar-refractivity contribution in [2.45, 2.75) is 99.3 Å². The first kappa shape index (κ1) is 25.3. The molecule has 0 fully saturated rings. The lowest BCUT2D eigenvalue weighted by molar-refractivity contribution is 0.435. The van der Waals surface area contributed by atoms with Crippen LogP contribution >= 0.6 is 0 Å². The van der Waals surface area contributed by atoms with Gasteiger partial charge in [0.25, 0.3) is 0 Å². The minimum Gasteiger partial charge on any atom is -0.507 e. The van der Waals surface area contributed by atoms with Crippen LogP contribution in [0.5, 0.6) is 11.5 Å². The molecule has 2 rings (SSSR count). The Morgan fingerprint density at radius 3 is 1.19 bits per heavy atom. The number of phenolic OH excluding ortho intramolecular Hbond substituents is 2. The van der Waals surface area contributed by atoms with Gasteiger partial charge in [0.1, 0.15) is 11.5 Å². The smallest absolute Gasteiger partial charge is 0.122 e. The fourth-order valence-electron chi connectivity index (χ4n) is 4.30. The van der Waals surface area contributed by atoms with Gasteiger partial charge in [0.2, 0.25) is 0 Å². The Kier molecular flexibility index (Phi) is 7.56. The summed E-state index contributed by atoms with van der Waals surface area (Å²) in [7, 11) is 0. The van der Waals surface area contributed by atoms with Crippen molar-refractivity contribution in [1.82, 2.24) is 0 Å². The van der Waals surface area contributed by atoms with Crippen molar-refractivity contribution >= 4 is 0 Å². The summed E-state index contributed by atoms with van der Waals surface area (Å²) in [4.78, 5) is 0. The molecule has 0 bridgehead atoms. The quantitative estimate of drug-likeness (QED) is 0.499. The van der Waals surface area contributed by atoms with Crippen molar-refractivity contribution in [3.8, 4) is 11.5 Å². The molecule has 172 valence electrons. The maximum atomic E-state index is 11.0. The van der Waals surface area contributed by atoms with Gasteiger partial charge in [-0.05, 0) is 75.3 Å². The minimum absolute atomic E-state index is 0.125. The molecule has 0 unspecified atom stereocenters. The molecule has 2 N–H and O–H groups in total. The Morgan fingerprint density at radius 2 is 0.935 bits per heavy atom. The second-order valence-corrected chi connectivity index (χ2v) is 12.2. The Balaban J connectivity index is 2.61. The lowest BCUT2D eigenvalue weighted by Gasteiger charge is -2.25. The maximum absolute atomic E-state index is 11.0. The van der Waals surface area contributed by atoms with Crippen LogP contribution in [0.25, 0.3) is 0 Å². The molecule has 0 aliphatic rings. The number of phenols is 2. The van der Waals surface area contributed by atoms with Crippen LogP contribution in [0.15, 0.2) is 24.3 Å². The summed E-state index contributed by atoms with van der Waals surface area (Å²) in [5.74, 6) is 1.86. The van der Waals surface area contributed by atoms with E-state index >= 15 is 0 Å². The van der Waals surface area contributed by atoms with Crippen LogP contribution in [0.3, 0.4) is 0 Å². The zero-order chi connectivity index (χ0) is 23.7. The lowest BCUT2D eigenvalue weighted by atomic mass is 9.80. The highest BCUT2D eigenvalue weighted by Gasteiger charge is 2.24. The second-order valence-electron chi connectivity index (χ2n) is 12.2. The summed E-state index contributed by atoms with van der Waals surface area (Å²) in [5, 5.41) is 21.9. The molecule has 2 nitrogen and oxygen atoms in total. The third-order valence-electron chi connectivity index (χ3n) is 5.78. The van der Waals surface area contributed by atoms with Gasteiger partial charge in [-0.1, -0.05) is 93.5 Å². The van der Waals surface area contributed by atoms with Gasteiger partial charge in [0.15, 0.2) is 0 Å². The van der Waals surface area contributed by atoms with Crippen molar-refractivity contribution < 1.29 is 10.2 Å². The zero-order valence-electron chi connectivity index (χ0n) is 21.5. The average Bonchev–Trinajstić information content (AvgIpc) is 2.57. The predicted molar refractivity (Wildman–Crippen MR) is 134 cm³/mol. The third-order valence-corrected chi connectivity index (χ3v) is 5.78. The summed E-state index contributed by atoms with van der Waals surface area (Å²) in [6.45, 7) is 21.7. The van der Waals surface area contributed by atoms with Crippen molar-refractivity contribution in [3.05, 3.63) is 57.6 Å². The van der Waals surface area contributed by atoms with Crippen LogP contribution in [0.4, 0.5) is 0 Å². The topological polar surface area (TPSA) is 40.5 Å². The molecule has 0 aromatic heterocycles. The molecular formula is C29H44O2. The Hall–Kier alpha value is -1.96. The van der Waals surface area contributed by atoms with Crippen LogP contribution in [0, 0.1) is 11.8 Å². The fourth-order valence-corrected chi connectivity index (χ4v) is 4.30. The molecule has 31 heavy (non-hydrogen) atoms. The lowest BCUT2D eigenvalue weighted by Crippen LogP contribution is -2.14. The highest BCUT2D eigenvalue weighted by molar-refractivity contribution is 5.51. The number of aromatic hydroxyl groups is 2. The number of rotatable bonds is 6. The minimum atomic E-state index is -0.125. The first-order valence-electron chi connectivity index (χ1n) is 11.8.